The van der Waals surface area contributed by atoms with Crippen LogP contribution in [0.25, 0.3) is 11.4 Å². The van der Waals surface area contributed by atoms with Crippen molar-refractivity contribution in [2.75, 3.05) is 13.1 Å². The molecule has 0 N–H and O–H groups in total. The summed E-state index contributed by atoms with van der Waals surface area (Å²) in [6.07, 6.45) is 1.75. The molecule has 1 unspecified atom stereocenters. The van der Waals surface area contributed by atoms with Crippen LogP contribution in [0.3, 0.4) is 0 Å². The Labute approximate surface area is 169 Å². The molecule has 3 aromatic rings. The van der Waals surface area contributed by atoms with Crippen LogP contribution in [0, 0.1) is 9.39 Å². The molecule has 0 spiro atoms. The Morgan fingerprint density at radius 1 is 1.22 bits per heavy atom. The molecule has 27 heavy (non-hydrogen) atoms. The van der Waals surface area contributed by atoms with Crippen molar-refractivity contribution in [3.8, 4) is 11.4 Å². The molecule has 7 heteroatoms. The van der Waals surface area contributed by atoms with Gasteiger partial charge in [0.15, 0.2) is 0 Å². The normalized spacial score (nSPS) is 17.1. The van der Waals surface area contributed by atoms with Gasteiger partial charge in [0.25, 0.3) is 5.91 Å². The minimum Gasteiger partial charge on any atom is -0.339 e. The van der Waals surface area contributed by atoms with E-state index >= 15 is 0 Å². The number of hydrogen-bond donors (Lipinski definition) is 0. The minimum absolute atomic E-state index is 0.0136. The van der Waals surface area contributed by atoms with E-state index in [1.807, 2.05) is 29.2 Å². The van der Waals surface area contributed by atoms with Crippen molar-refractivity contribution in [2.45, 2.75) is 18.8 Å². The molecule has 2 aromatic carbocycles. The van der Waals surface area contributed by atoms with E-state index in [2.05, 4.69) is 32.7 Å². The van der Waals surface area contributed by atoms with Crippen molar-refractivity contribution in [3.63, 3.8) is 0 Å². The molecule has 0 aliphatic carbocycles. The summed E-state index contributed by atoms with van der Waals surface area (Å²) in [5, 5.41) is 3.99. The predicted octanol–water partition coefficient (Wildman–Crippen LogP) is 4.50. The molecule has 0 bridgehead atoms. The Morgan fingerprint density at radius 2 is 2.07 bits per heavy atom. The zero-order valence-corrected chi connectivity index (χ0v) is 16.6. The second-order valence-corrected chi connectivity index (χ2v) is 7.81. The predicted molar refractivity (Wildman–Crippen MR) is 107 cm³/mol. The Kier molecular flexibility index (Phi) is 5.20. The Bertz CT molecular complexity index is 975. The smallest absolute Gasteiger partial charge is 0.253 e. The van der Waals surface area contributed by atoms with Gasteiger partial charge in [-0.2, -0.15) is 4.98 Å². The van der Waals surface area contributed by atoms with Gasteiger partial charge in [-0.3, -0.25) is 4.79 Å². The first-order valence-corrected chi connectivity index (χ1v) is 9.82. The third-order valence-electron chi connectivity index (χ3n) is 4.65. The quantitative estimate of drug-likeness (QED) is 0.522. The first-order chi connectivity index (χ1) is 13.1. The summed E-state index contributed by atoms with van der Waals surface area (Å²) in [7, 11) is 0. The molecule has 1 aromatic heterocycles. The summed E-state index contributed by atoms with van der Waals surface area (Å²) in [5.74, 6) is 0.522. The maximum absolute atomic E-state index is 13.4. The molecule has 1 aliphatic heterocycles. The number of piperidine rings is 1. The third kappa shape index (κ3) is 4.02. The summed E-state index contributed by atoms with van der Waals surface area (Å²) in [5.41, 5.74) is 1.26. The van der Waals surface area contributed by atoms with Crippen molar-refractivity contribution in [3.05, 3.63) is 69.4 Å². The van der Waals surface area contributed by atoms with Crippen LogP contribution < -0.4 is 0 Å². The van der Waals surface area contributed by atoms with E-state index in [0.29, 0.717) is 35.9 Å². The lowest BCUT2D eigenvalue weighted by atomic mass is 9.97. The Morgan fingerprint density at radius 3 is 2.89 bits per heavy atom. The van der Waals surface area contributed by atoms with Crippen LogP contribution in [0.1, 0.15) is 35.0 Å². The monoisotopic (exact) mass is 477 g/mol. The number of rotatable bonds is 3. The fourth-order valence-corrected chi connectivity index (χ4v) is 3.86. The lowest BCUT2D eigenvalue weighted by Crippen LogP contribution is -2.39. The molecule has 1 saturated heterocycles. The van der Waals surface area contributed by atoms with Gasteiger partial charge in [0.2, 0.25) is 11.7 Å². The SMILES string of the molecule is O=C(c1cccc(I)c1)N1CCCC(c2nc(-c3cccc(F)c3)no2)C1. The Hall–Kier alpha value is -2.29. The lowest BCUT2D eigenvalue weighted by Gasteiger charge is -2.31. The number of halogens is 2. The zero-order valence-electron chi connectivity index (χ0n) is 14.4. The van der Waals surface area contributed by atoms with Crippen LogP contribution in [0.4, 0.5) is 4.39 Å². The van der Waals surface area contributed by atoms with Gasteiger partial charge in [-0.05, 0) is 65.8 Å². The summed E-state index contributed by atoms with van der Waals surface area (Å²) < 4.78 is 19.9. The molecule has 2 heterocycles. The third-order valence-corrected chi connectivity index (χ3v) is 5.32. The molecular formula is C20H17FIN3O2. The van der Waals surface area contributed by atoms with Crippen LogP contribution in [-0.4, -0.2) is 34.0 Å². The molecule has 0 saturated carbocycles. The van der Waals surface area contributed by atoms with Crippen molar-refractivity contribution in [1.29, 1.82) is 0 Å². The van der Waals surface area contributed by atoms with Crippen molar-refractivity contribution < 1.29 is 13.7 Å². The summed E-state index contributed by atoms with van der Waals surface area (Å²) >= 11 is 2.20. The topological polar surface area (TPSA) is 59.2 Å². The van der Waals surface area contributed by atoms with E-state index in [-0.39, 0.29) is 17.6 Å². The fourth-order valence-electron chi connectivity index (χ4n) is 3.31. The molecule has 1 fully saturated rings. The highest BCUT2D eigenvalue weighted by Crippen LogP contribution is 2.28. The van der Waals surface area contributed by atoms with E-state index in [9.17, 15) is 9.18 Å². The standard InChI is InChI=1S/C20H17FIN3O2/c21-16-7-1-4-13(10-16)18-23-19(27-24-18)15-6-3-9-25(12-15)20(26)14-5-2-8-17(22)11-14/h1-2,4-5,7-8,10-11,15H,3,6,9,12H2. The van der Waals surface area contributed by atoms with Gasteiger partial charge in [-0.25, -0.2) is 4.39 Å². The number of nitrogens with zero attached hydrogens (tertiary/aromatic N) is 3. The molecule has 138 valence electrons. The highest BCUT2D eigenvalue weighted by atomic mass is 127. The number of amides is 1. The van der Waals surface area contributed by atoms with Gasteiger partial charge in [0.1, 0.15) is 5.82 Å². The van der Waals surface area contributed by atoms with Crippen molar-refractivity contribution in [2.24, 2.45) is 0 Å². The van der Waals surface area contributed by atoms with Crippen molar-refractivity contribution >= 4 is 28.5 Å². The van der Waals surface area contributed by atoms with Crippen molar-refractivity contribution in [1.82, 2.24) is 15.0 Å². The number of benzene rings is 2. The lowest BCUT2D eigenvalue weighted by molar-refractivity contribution is 0.0695. The largest absolute Gasteiger partial charge is 0.339 e. The molecule has 1 atom stereocenters. The fraction of sp³-hybridized carbons (Fsp3) is 0.250. The van der Waals surface area contributed by atoms with Crippen LogP contribution in [-0.2, 0) is 0 Å². The molecule has 5 nitrogen and oxygen atoms in total. The summed E-state index contributed by atoms with van der Waals surface area (Å²) in [6, 6.07) is 13.7. The van der Waals surface area contributed by atoms with Gasteiger partial charge in [0.05, 0.1) is 5.92 Å². The van der Waals surface area contributed by atoms with Crippen LogP contribution in [0.5, 0.6) is 0 Å². The van der Waals surface area contributed by atoms with Crippen LogP contribution in [0.15, 0.2) is 53.1 Å². The molecule has 0 radical (unpaired) electrons. The Balaban J connectivity index is 1.51. The second kappa shape index (κ2) is 7.75. The number of likely N-dealkylation sites (tertiary alicyclic amines) is 1. The van der Waals surface area contributed by atoms with E-state index in [1.165, 1.54) is 12.1 Å². The van der Waals surface area contributed by atoms with Gasteiger partial charge in [-0.15, -0.1) is 0 Å². The minimum atomic E-state index is -0.342. The second-order valence-electron chi connectivity index (χ2n) is 6.57. The number of aromatic nitrogens is 2. The zero-order chi connectivity index (χ0) is 18.8. The first-order valence-electron chi connectivity index (χ1n) is 8.74. The molecular weight excluding hydrogens is 460 g/mol. The maximum Gasteiger partial charge on any atom is 0.253 e. The van der Waals surface area contributed by atoms with E-state index in [0.717, 1.165) is 16.4 Å². The van der Waals surface area contributed by atoms with Crippen LogP contribution in [0.2, 0.25) is 0 Å². The first kappa shape index (κ1) is 18.1. The van der Waals surface area contributed by atoms with Gasteiger partial charge in [-0.1, -0.05) is 23.4 Å². The summed E-state index contributed by atoms with van der Waals surface area (Å²) in [6.45, 7) is 1.25. The highest BCUT2D eigenvalue weighted by molar-refractivity contribution is 14.1. The molecule has 1 aliphatic rings. The molecule has 1 amide bonds. The summed E-state index contributed by atoms with van der Waals surface area (Å²) in [4.78, 5) is 19.1. The molecule has 4 rings (SSSR count). The number of carbonyl (C=O) groups is 1. The van der Waals surface area contributed by atoms with Gasteiger partial charge >= 0.3 is 0 Å². The number of hydrogen-bond acceptors (Lipinski definition) is 4. The average Bonchev–Trinajstić information content (AvgIpc) is 3.18. The van der Waals surface area contributed by atoms with Gasteiger partial charge in [0, 0.05) is 27.8 Å². The maximum atomic E-state index is 13.4. The van der Waals surface area contributed by atoms with E-state index in [4.69, 9.17) is 4.52 Å². The highest BCUT2D eigenvalue weighted by Gasteiger charge is 2.29. The van der Waals surface area contributed by atoms with Crippen LogP contribution >= 0.6 is 22.6 Å². The van der Waals surface area contributed by atoms with E-state index < -0.39 is 0 Å². The number of carbonyl (C=O) groups excluding carboxylic acids is 1. The van der Waals surface area contributed by atoms with Gasteiger partial charge < -0.3 is 9.42 Å². The van der Waals surface area contributed by atoms with E-state index in [1.54, 1.807) is 12.1 Å². The average molecular weight is 477 g/mol.